The van der Waals surface area contributed by atoms with Crippen molar-refractivity contribution in [1.29, 1.82) is 0 Å². The van der Waals surface area contributed by atoms with Crippen LogP contribution in [-0.4, -0.2) is 61.1 Å². The fraction of sp³-hybridized carbons (Fsp3) is 0.750. The number of likely N-dealkylation sites (N-methyl/N-ethyl adjacent to an activating group) is 1. The summed E-state index contributed by atoms with van der Waals surface area (Å²) in [6.45, 7) is 9.18. The van der Waals surface area contributed by atoms with E-state index in [2.05, 4.69) is 34.1 Å². The first-order valence-corrected chi connectivity index (χ1v) is 7.17. The molecule has 0 saturated carbocycles. The fourth-order valence-corrected chi connectivity index (χ4v) is 2.82. The minimum Gasteiger partial charge on any atom is -0.314 e. The normalized spacial score (nSPS) is 19.7. The second-order valence-electron chi connectivity index (χ2n) is 4.65. The average Bonchev–Trinajstić information content (AvgIpc) is 2.90. The summed E-state index contributed by atoms with van der Waals surface area (Å²) in [4.78, 5) is 10.4. The van der Waals surface area contributed by atoms with Gasteiger partial charge in [-0.05, 0) is 14.0 Å². The van der Waals surface area contributed by atoms with Gasteiger partial charge in [0, 0.05) is 56.4 Å². The van der Waals surface area contributed by atoms with Crippen molar-refractivity contribution >= 4 is 11.3 Å². The van der Waals surface area contributed by atoms with Gasteiger partial charge in [-0.2, -0.15) is 0 Å². The van der Waals surface area contributed by atoms with Crippen LogP contribution in [0.3, 0.4) is 0 Å². The third-order valence-electron chi connectivity index (χ3n) is 3.50. The van der Waals surface area contributed by atoms with Crippen LogP contribution in [0.5, 0.6) is 0 Å². The molecule has 1 atom stereocenters. The molecule has 1 fully saturated rings. The molecule has 1 unspecified atom stereocenters. The van der Waals surface area contributed by atoms with E-state index in [-0.39, 0.29) is 0 Å². The highest BCUT2D eigenvalue weighted by atomic mass is 32.1. The standard InChI is InChI=1S/C12H22N4S/c1-11(12-9-14-10-17-12)15(2)7-8-16-5-3-13-4-6-16/h9-11,13H,3-8H2,1-2H3. The Balaban J connectivity index is 1.74. The second kappa shape index (κ2) is 6.44. The molecule has 17 heavy (non-hydrogen) atoms. The van der Waals surface area contributed by atoms with Crippen LogP contribution in [0.2, 0.25) is 0 Å². The zero-order chi connectivity index (χ0) is 12.1. The first kappa shape index (κ1) is 13.0. The molecule has 96 valence electrons. The monoisotopic (exact) mass is 254 g/mol. The molecule has 0 amide bonds. The van der Waals surface area contributed by atoms with E-state index in [4.69, 9.17) is 0 Å². The first-order chi connectivity index (χ1) is 8.27. The molecular formula is C12H22N4S. The molecule has 0 spiro atoms. The van der Waals surface area contributed by atoms with Crippen LogP contribution in [0.4, 0.5) is 0 Å². The number of hydrogen-bond acceptors (Lipinski definition) is 5. The lowest BCUT2D eigenvalue weighted by Crippen LogP contribution is -2.46. The van der Waals surface area contributed by atoms with E-state index in [9.17, 15) is 0 Å². The van der Waals surface area contributed by atoms with Crippen molar-refractivity contribution in [2.75, 3.05) is 46.3 Å². The molecule has 1 aromatic rings. The van der Waals surface area contributed by atoms with Gasteiger partial charge in [0.25, 0.3) is 0 Å². The summed E-state index contributed by atoms with van der Waals surface area (Å²) in [6, 6.07) is 0.477. The Hall–Kier alpha value is -0.490. The Morgan fingerprint density at radius 3 is 2.94 bits per heavy atom. The van der Waals surface area contributed by atoms with Crippen molar-refractivity contribution < 1.29 is 0 Å². The lowest BCUT2D eigenvalue weighted by atomic mass is 10.2. The second-order valence-corrected chi connectivity index (χ2v) is 5.57. The van der Waals surface area contributed by atoms with E-state index in [0.29, 0.717) is 6.04 Å². The highest BCUT2D eigenvalue weighted by Crippen LogP contribution is 2.21. The number of piperazine rings is 1. The Bertz CT molecular complexity index is 308. The average molecular weight is 254 g/mol. The molecule has 2 rings (SSSR count). The first-order valence-electron chi connectivity index (χ1n) is 6.29. The number of rotatable bonds is 5. The quantitative estimate of drug-likeness (QED) is 0.851. The molecule has 2 heterocycles. The molecule has 0 bridgehead atoms. The summed E-state index contributed by atoms with van der Waals surface area (Å²) in [5, 5.41) is 3.39. The molecule has 1 N–H and O–H groups in total. The van der Waals surface area contributed by atoms with Crippen LogP contribution in [0, 0.1) is 0 Å². The Morgan fingerprint density at radius 2 is 2.29 bits per heavy atom. The van der Waals surface area contributed by atoms with Crippen LogP contribution in [-0.2, 0) is 0 Å². The number of thiazole rings is 1. The molecule has 0 aliphatic carbocycles. The van der Waals surface area contributed by atoms with Gasteiger partial charge in [0.1, 0.15) is 0 Å². The minimum absolute atomic E-state index is 0.477. The molecule has 1 aliphatic rings. The molecule has 5 heteroatoms. The van der Waals surface area contributed by atoms with E-state index >= 15 is 0 Å². The van der Waals surface area contributed by atoms with Crippen molar-refractivity contribution in [1.82, 2.24) is 20.1 Å². The van der Waals surface area contributed by atoms with Crippen molar-refractivity contribution in [2.24, 2.45) is 0 Å². The molecule has 1 aromatic heterocycles. The van der Waals surface area contributed by atoms with Crippen molar-refractivity contribution in [3.8, 4) is 0 Å². The zero-order valence-corrected chi connectivity index (χ0v) is 11.5. The van der Waals surface area contributed by atoms with Gasteiger partial charge >= 0.3 is 0 Å². The van der Waals surface area contributed by atoms with Crippen molar-refractivity contribution in [3.63, 3.8) is 0 Å². The minimum atomic E-state index is 0.477. The summed E-state index contributed by atoms with van der Waals surface area (Å²) < 4.78 is 0. The van der Waals surface area contributed by atoms with Gasteiger partial charge in [0.2, 0.25) is 0 Å². The van der Waals surface area contributed by atoms with Gasteiger partial charge < -0.3 is 5.32 Å². The summed E-state index contributed by atoms with van der Waals surface area (Å²) in [6.07, 6.45) is 1.98. The molecule has 4 nitrogen and oxygen atoms in total. The topological polar surface area (TPSA) is 31.4 Å². The predicted octanol–water partition coefficient (Wildman–Crippen LogP) is 1.04. The van der Waals surface area contributed by atoms with Gasteiger partial charge in [-0.25, -0.2) is 0 Å². The summed E-state index contributed by atoms with van der Waals surface area (Å²) >= 11 is 1.74. The van der Waals surface area contributed by atoms with E-state index < -0.39 is 0 Å². The molecular weight excluding hydrogens is 232 g/mol. The van der Waals surface area contributed by atoms with Crippen molar-refractivity contribution in [3.05, 3.63) is 16.6 Å². The fourth-order valence-electron chi connectivity index (χ4n) is 2.08. The van der Waals surface area contributed by atoms with Gasteiger partial charge in [0.05, 0.1) is 5.51 Å². The number of nitrogens with zero attached hydrogens (tertiary/aromatic N) is 3. The highest BCUT2D eigenvalue weighted by molar-refractivity contribution is 7.09. The Labute approximate surface area is 108 Å². The lowest BCUT2D eigenvalue weighted by Gasteiger charge is -2.30. The molecule has 0 radical (unpaired) electrons. The molecule has 0 aromatic carbocycles. The lowest BCUT2D eigenvalue weighted by molar-refractivity contribution is 0.184. The Kier molecular flexibility index (Phi) is 4.91. The van der Waals surface area contributed by atoms with E-state index in [0.717, 1.165) is 19.6 Å². The summed E-state index contributed by atoms with van der Waals surface area (Å²) in [5.74, 6) is 0. The van der Waals surface area contributed by atoms with Crippen molar-refractivity contribution in [2.45, 2.75) is 13.0 Å². The predicted molar refractivity (Wildman–Crippen MR) is 72.5 cm³/mol. The molecule has 1 aliphatic heterocycles. The Morgan fingerprint density at radius 1 is 1.53 bits per heavy atom. The maximum Gasteiger partial charge on any atom is 0.0794 e. The van der Waals surface area contributed by atoms with Crippen LogP contribution in [0.25, 0.3) is 0 Å². The molecule has 1 saturated heterocycles. The van der Waals surface area contributed by atoms with Gasteiger partial charge in [-0.15, -0.1) is 11.3 Å². The summed E-state index contributed by atoms with van der Waals surface area (Å²) in [7, 11) is 2.20. The van der Waals surface area contributed by atoms with Crippen LogP contribution in [0.1, 0.15) is 17.8 Å². The number of hydrogen-bond donors (Lipinski definition) is 1. The van der Waals surface area contributed by atoms with E-state index in [1.54, 1.807) is 11.3 Å². The van der Waals surface area contributed by atoms with Crippen LogP contribution >= 0.6 is 11.3 Å². The zero-order valence-electron chi connectivity index (χ0n) is 10.7. The van der Waals surface area contributed by atoms with Crippen LogP contribution < -0.4 is 5.32 Å². The van der Waals surface area contributed by atoms with Gasteiger partial charge in [0.15, 0.2) is 0 Å². The van der Waals surface area contributed by atoms with Gasteiger partial charge in [-0.3, -0.25) is 14.8 Å². The maximum atomic E-state index is 4.15. The third kappa shape index (κ3) is 3.74. The van der Waals surface area contributed by atoms with E-state index in [1.807, 2.05) is 11.7 Å². The largest absolute Gasteiger partial charge is 0.314 e. The summed E-state index contributed by atoms with van der Waals surface area (Å²) in [5.41, 5.74) is 1.91. The van der Waals surface area contributed by atoms with Gasteiger partial charge in [-0.1, -0.05) is 0 Å². The van der Waals surface area contributed by atoms with Crippen LogP contribution in [0.15, 0.2) is 11.7 Å². The van der Waals surface area contributed by atoms with E-state index in [1.165, 1.54) is 24.5 Å². The maximum absolute atomic E-state index is 4.15. The third-order valence-corrected chi connectivity index (χ3v) is 4.45. The SMILES string of the molecule is CC(c1cncs1)N(C)CCN1CCNCC1. The highest BCUT2D eigenvalue weighted by Gasteiger charge is 2.15. The number of aromatic nitrogens is 1. The smallest absolute Gasteiger partial charge is 0.0794 e. The number of nitrogens with one attached hydrogen (secondary N) is 1.